The van der Waals surface area contributed by atoms with Gasteiger partial charge in [0.2, 0.25) is 5.91 Å². The number of hydrogen-bond donors (Lipinski definition) is 1. The lowest BCUT2D eigenvalue weighted by atomic mass is 10.2. The molecule has 0 aromatic carbocycles. The number of carbonyl (C=O) groups excluding carboxylic acids is 2. The van der Waals surface area contributed by atoms with Crippen LogP contribution < -0.4 is 0 Å². The van der Waals surface area contributed by atoms with Crippen molar-refractivity contribution in [3.8, 4) is 0 Å². The molecule has 0 aliphatic carbocycles. The maximum atomic E-state index is 12.3. The molecule has 2 atom stereocenters. The van der Waals surface area contributed by atoms with Crippen molar-refractivity contribution < 1.29 is 24.2 Å². The standard InChI is InChI=1S/C13H20N2O5/c1-9(16)14-5-2-6-15(8-7-14)12(17)10-3-4-11(20-10)13(18)19/h10-11H,2-8H2,1H3,(H,18,19). The van der Waals surface area contributed by atoms with Gasteiger partial charge in [0, 0.05) is 33.1 Å². The van der Waals surface area contributed by atoms with E-state index in [4.69, 9.17) is 9.84 Å². The molecule has 7 heteroatoms. The highest BCUT2D eigenvalue weighted by Gasteiger charge is 2.37. The average molecular weight is 284 g/mol. The molecule has 2 heterocycles. The quantitative estimate of drug-likeness (QED) is 0.752. The molecular formula is C13H20N2O5. The molecule has 2 aliphatic rings. The first-order chi connectivity index (χ1) is 9.49. The van der Waals surface area contributed by atoms with Gasteiger partial charge >= 0.3 is 5.97 Å². The summed E-state index contributed by atoms with van der Waals surface area (Å²) in [4.78, 5) is 37.9. The molecule has 0 spiro atoms. The third-order valence-electron chi connectivity index (χ3n) is 3.82. The number of nitrogens with zero attached hydrogens (tertiary/aromatic N) is 2. The molecule has 0 saturated carbocycles. The van der Waals surface area contributed by atoms with Crippen LogP contribution in [0.15, 0.2) is 0 Å². The predicted octanol–water partition coefficient (Wildman–Crippen LogP) is -0.301. The SMILES string of the molecule is CC(=O)N1CCCN(C(=O)C2CCC(C(=O)O)O2)CC1. The Hall–Kier alpha value is -1.63. The Balaban J connectivity index is 1.90. The van der Waals surface area contributed by atoms with Crippen LogP contribution in [0.5, 0.6) is 0 Å². The van der Waals surface area contributed by atoms with Crippen LogP contribution in [0.3, 0.4) is 0 Å². The van der Waals surface area contributed by atoms with E-state index in [2.05, 4.69) is 0 Å². The Kier molecular flexibility index (Phi) is 4.59. The second-order valence-corrected chi connectivity index (χ2v) is 5.21. The van der Waals surface area contributed by atoms with E-state index in [0.29, 0.717) is 39.0 Å². The minimum absolute atomic E-state index is 0.0161. The molecule has 0 radical (unpaired) electrons. The molecule has 2 saturated heterocycles. The van der Waals surface area contributed by atoms with E-state index in [9.17, 15) is 14.4 Å². The molecule has 2 rings (SSSR count). The summed E-state index contributed by atoms with van der Waals surface area (Å²) in [6.45, 7) is 3.77. The Bertz CT molecular complexity index is 412. The van der Waals surface area contributed by atoms with Crippen LogP contribution in [0.1, 0.15) is 26.2 Å². The number of carboxylic acids is 1. The van der Waals surface area contributed by atoms with Crippen molar-refractivity contribution in [2.24, 2.45) is 0 Å². The molecule has 2 fully saturated rings. The molecule has 20 heavy (non-hydrogen) atoms. The molecular weight excluding hydrogens is 264 g/mol. The summed E-state index contributed by atoms with van der Waals surface area (Å²) in [5.74, 6) is -1.15. The number of hydrogen-bond acceptors (Lipinski definition) is 4. The van der Waals surface area contributed by atoms with Gasteiger partial charge in [-0.3, -0.25) is 9.59 Å². The Labute approximate surface area is 117 Å². The van der Waals surface area contributed by atoms with Crippen LogP contribution in [0, 0.1) is 0 Å². The van der Waals surface area contributed by atoms with E-state index >= 15 is 0 Å². The summed E-state index contributed by atoms with van der Waals surface area (Å²) in [6.07, 6.45) is 0.0343. The van der Waals surface area contributed by atoms with Gasteiger partial charge in [-0.15, -0.1) is 0 Å². The van der Waals surface area contributed by atoms with Crippen molar-refractivity contribution in [2.75, 3.05) is 26.2 Å². The van der Waals surface area contributed by atoms with Gasteiger partial charge in [0.05, 0.1) is 0 Å². The summed E-state index contributed by atoms with van der Waals surface area (Å²) in [7, 11) is 0. The summed E-state index contributed by atoms with van der Waals surface area (Å²) in [5, 5.41) is 8.87. The third-order valence-corrected chi connectivity index (χ3v) is 3.82. The topological polar surface area (TPSA) is 87.2 Å². The Morgan fingerprint density at radius 2 is 1.60 bits per heavy atom. The monoisotopic (exact) mass is 284 g/mol. The Morgan fingerprint density at radius 1 is 1.00 bits per heavy atom. The minimum atomic E-state index is -1.01. The Morgan fingerprint density at radius 3 is 2.20 bits per heavy atom. The van der Waals surface area contributed by atoms with Crippen molar-refractivity contribution in [3.63, 3.8) is 0 Å². The van der Waals surface area contributed by atoms with E-state index in [-0.39, 0.29) is 11.8 Å². The predicted molar refractivity (Wildman–Crippen MR) is 69.0 cm³/mol. The average Bonchev–Trinajstić information content (AvgIpc) is 2.76. The van der Waals surface area contributed by atoms with Gasteiger partial charge < -0.3 is 19.6 Å². The van der Waals surface area contributed by atoms with Crippen LogP contribution >= 0.6 is 0 Å². The highest BCUT2D eigenvalue weighted by atomic mass is 16.5. The lowest BCUT2D eigenvalue weighted by molar-refractivity contribution is -0.154. The first-order valence-electron chi connectivity index (χ1n) is 6.91. The third kappa shape index (κ3) is 3.27. The van der Waals surface area contributed by atoms with Gasteiger partial charge in [0.1, 0.15) is 6.10 Å². The first-order valence-corrected chi connectivity index (χ1v) is 6.91. The van der Waals surface area contributed by atoms with Gasteiger partial charge in [-0.2, -0.15) is 0 Å². The molecule has 2 unspecified atom stereocenters. The second-order valence-electron chi connectivity index (χ2n) is 5.21. The molecule has 2 amide bonds. The van der Waals surface area contributed by atoms with Gasteiger partial charge in [0.25, 0.3) is 5.91 Å². The van der Waals surface area contributed by atoms with Crippen molar-refractivity contribution in [2.45, 2.75) is 38.4 Å². The molecule has 0 aromatic rings. The zero-order chi connectivity index (χ0) is 14.7. The molecule has 7 nitrogen and oxygen atoms in total. The first kappa shape index (κ1) is 14.8. The van der Waals surface area contributed by atoms with Crippen LogP contribution in [0.25, 0.3) is 0 Å². The van der Waals surface area contributed by atoms with E-state index < -0.39 is 18.2 Å². The fourth-order valence-corrected chi connectivity index (χ4v) is 2.66. The van der Waals surface area contributed by atoms with Crippen LogP contribution in [0.4, 0.5) is 0 Å². The van der Waals surface area contributed by atoms with E-state index in [1.807, 2.05) is 0 Å². The molecule has 0 aromatic heterocycles. The number of rotatable bonds is 2. The van der Waals surface area contributed by atoms with Crippen molar-refractivity contribution in [1.29, 1.82) is 0 Å². The minimum Gasteiger partial charge on any atom is -0.479 e. The zero-order valence-electron chi connectivity index (χ0n) is 11.6. The van der Waals surface area contributed by atoms with Crippen molar-refractivity contribution in [1.82, 2.24) is 9.80 Å². The van der Waals surface area contributed by atoms with Crippen molar-refractivity contribution in [3.05, 3.63) is 0 Å². The van der Waals surface area contributed by atoms with E-state index in [1.54, 1.807) is 9.80 Å². The summed E-state index contributed by atoms with van der Waals surface area (Å²) < 4.78 is 5.28. The lowest BCUT2D eigenvalue weighted by Gasteiger charge is -2.24. The van der Waals surface area contributed by atoms with E-state index in [0.717, 1.165) is 6.42 Å². The van der Waals surface area contributed by atoms with Gasteiger partial charge in [0.15, 0.2) is 6.10 Å². The smallest absolute Gasteiger partial charge is 0.332 e. The van der Waals surface area contributed by atoms with Crippen LogP contribution in [0.2, 0.25) is 0 Å². The molecule has 1 N–H and O–H groups in total. The number of ether oxygens (including phenoxy) is 1. The van der Waals surface area contributed by atoms with Crippen LogP contribution in [-0.2, 0) is 19.1 Å². The fourth-order valence-electron chi connectivity index (χ4n) is 2.66. The zero-order valence-corrected chi connectivity index (χ0v) is 11.6. The molecule has 0 bridgehead atoms. The largest absolute Gasteiger partial charge is 0.479 e. The van der Waals surface area contributed by atoms with Gasteiger partial charge in [-0.25, -0.2) is 4.79 Å². The highest BCUT2D eigenvalue weighted by molar-refractivity contribution is 5.83. The summed E-state index contributed by atoms with van der Waals surface area (Å²) in [6, 6.07) is 0. The number of aliphatic carboxylic acids is 1. The molecule has 2 aliphatic heterocycles. The second kappa shape index (κ2) is 6.21. The molecule has 112 valence electrons. The number of carbonyl (C=O) groups is 3. The lowest BCUT2D eigenvalue weighted by Crippen LogP contribution is -2.42. The maximum absolute atomic E-state index is 12.3. The normalized spacial score (nSPS) is 27.2. The van der Waals surface area contributed by atoms with Crippen LogP contribution in [-0.4, -0.2) is 71.1 Å². The maximum Gasteiger partial charge on any atom is 0.332 e. The van der Waals surface area contributed by atoms with Crippen molar-refractivity contribution >= 4 is 17.8 Å². The fraction of sp³-hybridized carbons (Fsp3) is 0.769. The van der Waals surface area contributed by atoms with E-state index in [1.165, 1.54) is 6.92 Å². The van der Waals surface area contributed by atoms with Gasteiger partial charge in [-0.05, 0) is 19.3 Å². The number of carboxylic acid groups (broad SMARTS) is 1. The highest BCUT2D eigenvalue weighted by Crippen LogP contribution is 2.22. The summed E-state index contributed by atoms with van der Waals surface area (Å²) in [5.41, 5.74) is 0. The van der Waals surface area contributed by atoms with Gasteiger partial charge in [-0.1, -0.05) is 0 Å². The summed E-state index contributed by atoms with van der Waals surface area (Å²) >= 11 is 0. The number of amides is 2.